The van der Waals surface area contributed by atoms with Crippen LogP contribution in [0.15, 0.2) is 33.6 Å². The van der Waals surface area contributed by atoms with Crippen LogP contribution in [0, 0.1) is 11.7 Å². The van der Waals surface area contributed by atoms with Crippen molar-refractivity contribution in [3.05, 3.63) is 52.0 Å². The lowest BCUT2D eigenvalue weighted by Gasteiger charge is -2.27. The molecule has 0 unspecified atom stereocenters. The van der Waals surface area contributed by atoms with Crippen molar-refractivity contribution < 1.29 is 17.7 Å². The van der Waals surface area contributed by atoms with Crippen LogP contribution < -0.4 is 5.76 Å². The molecule has 1 fully saturated rings. The van der Waals surface area contributed by atoms with Gasteiger partial charge in [0.25, 0.3) is 0 Å². The van der Waals surface area contributed by atoms with Gasteiger partial charge in [-0.2, -0.15) is 0 Å². The minimum Gasteiger partial charge on any atom is -0.296 e. The summed E-state index contributed by atoms with van der Waals surface area (Å²) in [6.45, 7) is 0.223. The maximum Gasteiger partial charge on any atom is 0.441 e. The Morgan fingerprint density at radius 1 is 1.22 bits per heavy atom. The number of hydrogen-bond donors (Lipinski definition) is 0. The number of aromatic nitrogens is 2. The quantitative estimate of drug-likeness (QED) is 0.865. The lowest BCUT2D eigenvalue weighted by molar-refractivity contribution is -0.0459. The maximum absolute atomic E-state index is 13.2. The van der Waals surface area contributed by atoms with Crippen LogP contribution in [-0.2, 0) is 13.0 Å². The summed E-state index contributed by atoms with van der Waals surface area (Å²) in [6.07, 6.45) is 0.994. The second kappa shape index (κ2) is 6.22. The monoisotopic (exact) mass is 326 g/mol. The fourth-order valence-electron chi connectivity index (χ4n) is 2.93. The zero-order valence-electron chi connectivity index (χ0n) is 12.5. The molecule has 23 heavy (non-hydrogen) atoms. The van der Waals surface area contributed by atoms with Crippen molar-refractivity contribution in [1.82, 2.24) is 9.72 Å². The SMILES string of the molecule is O=c1onc(CC2CCC(F)(F)CC2)n1Cc1ccc(F)cc1. The van der Waals surface area contributed by atoms with Gasteiger partial charge in [0.1, 0.15) is 5.82 Å². The Bertz CT molecular complexity index is 712. The lowest BCUT2D eigenvalue weighted by Crippen LogP contribution is -2.27. The molecule has 1 aliphatic rings. The van der Waals surface area contributed by atoms with Gasteiger partial charge in [-0.1, -0.05) is 17.3 Å². The molecule has 124 valence electrons. The number of hydrogen-bond acceptors (Lipinski definition) is 3. The molecule has 1 aliphatic carbocycles. The molecule has 0 atom stereocenters. The summed E-state index contributed by atoms with van der Waals surface area (Å²) in [6, 6.07) is 5.80. The molecule has 1 saturated carbocycles. The van der Waals surface area contributed by atoms with Crippen molar-refractivity contribution >= 4 is 0 Å². The highest BCUT2D eigenvalue weighted by Crippen LogP contribution is 2.37. The van der Waals surface area contributed by atoms with Gasteiger partial charge in [-0.25, -0.2) is 18.0 Å². The second-order valence-electron chi connectivity index (χ2n) is 6.08. The topological polar surface area (TPSA) is 48.0 Å². The molecule has 1 aromatic carbocycles. The molecular formula is C16H17F3N2O2. The number of benzene rings is 1. The zero-order valence-corrected chi connectivity index (χ0v) is 12.5. The average molecular weight is 326 g/mol. The highest BCUT2D eigenvalue weighted by Gasteiger charge is 2.35. The second-order valence-corrected chi connectivity index (χ2v) is 6.08. The molecule has 0 bridgehead atoms. The molecule has 0 amide bonds. The molecule has 1 aromatic heterocycles. The number of halogens is 3. The largest absolute Gasteiger partial charge is 0.441 e. The lowest BCUT2D eigenvalue weighted by atomic mass is 9.84. The van der Waals surface area contributed by atoms with E-state index >= 15 is 0 Å². The van der Waals surface area contributed by atoms with Crippen molar-refractivity contribution in [2.24, 2.45) is 5.92 Å². The zero-order chi connectivity index (χ0) is 16.4. The van der Waals surface area contributed by atoms with E-state index in [1.807, 2.05) is 0 Å². The van der Waals surface area contributed by atoms with Crippen molar-refractivity contribution in [1.29, 1.82) is 0 Å². The Hall–Kier alpha value is -2.05. The van der Waals surface area contributed by atoms with E-state index in [4.69, 9.17) is 4.52 Å². The van der Waals surface area contributed by atoms with Gasteiger partial charge in [-0.3, -0.25) is 9.09 Å². The van der Waals surface area contributed by atoms with Crippen molar-refractivity contribution in [3.63, 3.8) is 0 Å². The van der Waals surface area contributed by atoms with Gasteiger partial charge >= 0.3 is 5.76 Å². The Balaban J connectivity index is 1.71. The van der Waals surface area contributed by atoms with Crippen LogP contribution in [0.4, 0.5) is 13.2 Å². The first-order chi connectivity index (χ1) is 10.9. The smallest absolute Gasteiger partial charge is 0.296 e. The van der Waals surface area contributed by atoms with Crippen LogP contribution in [0.25, 0.3) is 0 Å². The third-order valence-corrected chi connectivity index (χ3v) is 4.32. The van der Waals surface area contributed by atoms with Gasteiger partial charge in [0.2, 0.25) is 5.92 Å². The first kappa shape index (κ1) is 15.8. The maximum atomic E-state index is 13.2. The van der Waals surface area contributed by atoms with E-state index in [1.54, 1.807) is 12.1 Å². The summed E-state index contributed by atoms with van der Waals surface area (Å²) < 4.78 is 45.4. The molecule has 0 spiro atoms. The Kier molecular flexibility index (Phi) is 4.28. The first-order valence-electron chi connectivity index (χ1n) is 7.61. The van der Waals surface area contributed by atoms with Crippen LogP contribution in [0.2, 0.25) is 0 Å². The third kappa shape index (κ3) is 3.83. The standard InChI is InChI=1S/C16H17F3N2O2/c17-13-3-1-12(2-4-13)10-21-14(20-23-15(21)22)9-11-5-7-16(18,19)8-6-11/h1-4,11H,5-10H2. The van der Waals surface area contributed by atoms with Crippen LogP contribution in [0.1, 0.15) is 37.1 Å². The Morgan fingerprint density at radius 2 is 1.87 bits per heavy atom. The molecule has 0 aliphatic heterocycles. The predicted octanol–water partition coefficient (Wildman–Crippen LogP) is 3.39. The van der Waals surface area contributed by atoms with Crippen LogP contribution in [0.5, 0.6) is 0 Å². The molecule has 0 N–H and O–H groups in total. The summed E-state index contributed by atoms with van der Waals surface area (Å²) in [7, 11) is 0. The third-order valence-electron chi connectivity index (χ3n) is 4.32. The van der Waals surface area contributed by atoms with Crippen molar-refractivity contribution in [2.75, 3.05) is 0 Å². The molecule has 4 nitrogen and oxygen atoms in total. The predicted molar refractivity (Wildman–Crippen MR) is 76.9 cm³/mol. The molecule has 3 rings (SSSR count). The van der Waals surface area contributed by atoms with E-state index in [1.165, 1.54) is 16.7 Å². The molecule has 1 heterocycles. The summed E-state index contributed by atoms with van der Waals surface area (Å²) in [5.74, 6) is -3.00. The van der Waals surface area contributed by atoms with Crippen LogP contribution in [-0.4, -0.2) is 15.6 Å². The van der Waals surface area contributed by atoms with Crippen LogP contribution in [0.3, 0.4) is 0 Å². The van der Waals surface area contributed by atoms with Crippen molar-refractivity contribution in [3.8, 4) is 0 Å². The van der Waals surface area contributed by atoms with Gasteiger partial charge in [0, 0.05) is 19.3 Å². The Morgan fingerprint density at radius 3 is 2.52 bits per heavy atom. The van der Waals surface area contributed by atoms with Gasteiger partial charge in [-0.05, 0) is 36.5 Å². The molecular weight excluding hydrogens is 309 g/mol. The molecule has 2 aromatic rings. The van der Waals surface area contributed by atoms with Gasteiger partial charge in [0.15, 0.2) is 5.82 Å². The van der Waals surface area contributed by atoms with E-state index in [0.29, 0.717) is 25.1 Å². The fourth-order valence-corrected chi connectivity index (χ4v) is 2.93. The Labute approximate surface area is 130 Å². The van der Waals surface area contributed by atoms with Gasteiger partial charge in [0.05, 0.1) is 6.54 Å². The van der Waals surface area contributed by atoms with E-state index < -0.39 is 11.7 Å². The number of rotatable bonds is 4. The minimum atomic E-state index is -2.58. The minimum absolute atomic E-state index is 0.0681. The molecule has 7 heteroatoms. The summed E-state index contributed by atoms with van der Waals surface area (Å²) in [4.78, 5) is 11.8. The van der Waals surface area contributed by atoms with Gasteiger partial charge in [-0.15, -0.1) is 0 Å². The summed E-state index contributed by atoms with van der Waals surface area (Å²) in [5.41, 5.74) is 0.744. The number of alkyl halides is 2. The average Bonchev–Trinajstić information content (AvgIpc) is 2.85. The van der Waals surface area contributed by atoms with E-state index in [2.05, 4.69) is 5.16 Å². The normalized spacial score (nSPS) is 18.2. The first-order valence-corrected chi connectivity index (χ1v) is 7.61. The summed E-state index contributed by atoms with van der Waals surface area (Å²) >= 11 is 0. The van der Waals surface area contributed by atoms with E-state index in [0.717, 1.165) is 5.56 Å². The van der Waals surface area contributed by atoms with Crippen molar-refractivity contribution in [2.45, 2.75) is 44.6 Å². The highest BCUT2D eigenvalue weighted by molar-refractivity contribution is 5.16. The molecule has 0 saturated heterocycles. The highest BCUT2D eigenvalue weighted by atomic mass is 19.3. The van der Waals surface area contributed by atoms with E-state index in [9.17, 15) is 18.0 Å². The molecule has 0 radical (unpaired) electrons. The van der Waals surface area contributed by atoms with Gasteiger partial charge < -0.3 is 0 Å². The summed E-state index contributed by atoms with van der Waals surface area (Å²) in [5, 5.41) is 3.77. The number of nitrogens with zero attached hydrogens (tertiary/aromatic N) is 2. The fraction of sp³-hybridized carbons (Fsp3) is 0.500. The van der Waals surface area contributed by atoms with E-state index in [-0.39, 0.29) is 31.1 Å². The van der Waals surface area contributed by atoms with Crippen LogP contribution >= 0.6 is 0 Å².